The fourth-order valence-electron chi connectivity index (χ4n) is 4.40. The number of benzene rings is 1. The summed E-state index contributed by atoms with van der Waals surface area (Å²) in [6, 6.07) is 5.18. The first-order valence-corrected chi connectivity index (χ1v) is 12.6. The number of hydrogen-bond acceptors (Lipinski definition) is 5. The molecular weight excluding hydrogens is 410 g/mol. The van der Waals surface area contributed by atoms with Crippen LogP contribution in [0.1, 0.15) is 45.4 Å². The van der Waals surface area contributed by atoms with Gasteiger partial charge in [-0.05, 0) is 50.8 Å². The van der Waals surface area contributed by atoms with Gasteiger partial charge in [-0.15, -0.1) is 0 Å². The number of piperidine rings is 1. The molecule has 29 heavy (non-hydrogen) atoms. The molecule has 0 radical (unpaired) electrons. The molecular formula is C20H27N3O4S2. The van der Waals surface area contributed by atoms with Gasteiger partial charge in [-0.1, -0.05) is 24.2 Å². The van der Waals surface area contributed by atoms with Crippen molar-refractivity contribution in [2.45, 2.75) is 62.9 Å². The van der Waals surface area contributed by atoms with Crippen molar-refractivity contribution in [3.05, 3.63) is 27.9 Å². The van der Waals surface area contributed by atoms with E-state index in [0.717, 1.165) is 29.7 Å². The maximum atomic E-state index is 13.1. The minimum absolute atomic E-state index is 0.0704. The molecule has 2 heterocycles. The zero-order valence-electron chi connectivity index (χ0n) is 16.6. The van der Waals surface area contributed by atoms with E-state index >= 15 is 0 Å². The van der Waals surface area contributed by atoms with Crippen molar-refractivity contribution in [2.24, 2.45) is 5.92 Å². The zero-order valence-corrected chi connectivity index (χ0v) is 18.2. The van der Waals surface area contributed by atoms with Crippen LogP contribution in [0.15, 0.2) is 27.9 Å². The molecule has 0 spiro atoms. The number of aromatic nitrogens is 1. The fraction of sp³-hybridized carbons (Fsp3) is 0.600. The fourth-order valence-corrected chi connectivity index (χ4v) is 6.97. The van der Waals surface area contributed by atoms with Gasteiger partial charge in [0.05, 0.1) is 15.1 Å². The molecule has 1 saturated heterocycles. The van der Waals surface area contributed by atoms with E-state index in [1.807, 2.05) is 6.92 Å². The number of rotatable bonds is 5. The van der Waals surface area contributed by atoms with Crippen LogP contribution >= 0.6 is 11.3 Å². The molecule has 1 aliphatic heterocycles. The number of amides is 1. The van der Waals surface area contributed by atoms with E-state index in [2.05, 4.69) is 5.32 Å². The Morgan fingerprint density at radius 3 is 2.52 bits per heavy atom. The number of carbonyl (C=O) groups is 1. The van der Waals surface area contributed by atoms with Crippen LogP contribution < -0.4 is 10.2 Å². The highest BCUT2D eigenvalue weighted by atomic mass is 32.2. The Hall–Kier alpha value is -1.71. The second-order valence-corrected chi connectivity index (χ2v) is 10.8. The summed E-state index contributed by atoms with van der Waals surface area (Å²) in [4.78, 5) is 24.7. The lowest BCUT2D eigenvalue weighted by Crippen LogP contribution is -2.44. The first-order chi connectivity index (χ1) is 13.9. The topological polar surface area (TPSA) is 88.5 Å². The predicted octanol–water partition coefficient (Wildman–Crippen LogP) is 2.54. The van der Waals surface area contributed by atoms with E-state index in [0.29, 0.717) is 43.2 Å². The van der Waals surface area contributed by atoms with Gasteiger partial charge in [0.15, 0.2) is 0 Å². The molecule has 2 fully saturated rings. The molecule has 0 bridgehead atoms. The van der Waals surface area contributed by atoms with Crippen LogP contribution in [0.2, 0.25) is 0 Å². The minimum atomic E-state index is -3.64. The average molecular weight is 438 g/mol. The van der Waals surface area contributed by atoms with Crippen molar-refractivity contribution in [3.8, 4) is 0 Å². The molecule has 1 aromatic heterocycles. The van der Waals surface area contributed by atoms with Crippen LogP contribution in [-0.4, -0.2) is 42.3 Å². The molecule has 7 nitrogen and oxygen atoms in total. The van der Waals surface area contributed by atoms with Gasteiger partial charge in [0.1, 0.15) is 0 Å². The normalized spacial score (nSPS) is 19.8. The Morgan fingerprint density at radius 1 is 1.17 bits per heavy atom. The van der Waals surface area contributed by atoms with Gasteiger partial charge in [-0.3, -0.25) is 14.2 Å². The van der Waals surface area contributed by atoms with E-state index in [9.17, 15) is 18.0 Å². The lowest BCUT2D eigenvalue weighted by molar-refractivity contribution is -0.126. The SMILES string of the molecule is CCn1c(=O)sc2cc(S(=O)(=O)N3CCC(C(=O)NC4CCCC4)CC3)ccc21. The largest absolute Gasteiger partial charge is 0.353 e. The smallest absolute Gasteiger partial charge is 0.308 e. The van der Waals surface area contributed by atoms with Gasteiger partial charge in [-0.25, -0.2) is 8.42 Å². The highest BCUT2D eigenvalue weighted by molar-refractivity contribution is 7.89. The summed E-state index contributed by atoms with van der Waals surface area (Å²) in [5, 5.41) is 3.13. The number of nitrogens with one attached hydrogen (secondary N) is 1. The Labute approximate surface area is 174 Å². The van der Waals surface area contributed by atoms with Crippen LogP contribution in [0.5, 0.6) is 0 Å². The molecule has 1 aromatic carbocycles. The second kappa shape index (κ2) is 8.20. The lowest BCUT2D eigenvalue weighted by atomic mass is 9.97. The van der Waals surface area contributed by atoms with E-state index in [1.54, 1.807) is 22.8 Å². The molecule has 1 aliphatic carbocycles. The molecule has 1 amide bonds. The minimum Gasteiger partial charge on any atom is -0.353 e. The second-order valence-electron chi connectivity index (χ2n) is 7.91. The molecule has 1 saturated carbocycles. The van der Waals surface area contributed by atoms with Crippen LogP contribution in [0.3, 0.4) is 0 Å². The third-order valence-corrected chi connectivity index (χ3v) is 8.96. The first kappa shape index (κ1) is 20.6. The monoisotopic (exact) mass is 437 g/mol. The van der Waals surface area contributed by atoms with Crippen molar-refractivity contribution in [1.29, 1.82) is 0 Å². The third-order valence-electron chi connectivity index (χ3n) is 6.12. The van der Waals surface area contributed by atoms with Crippen LogP contribution in [0.25, 0.3) is 10.2 Å². The highest BCUT2D eigenvalue weighted by Crippen LogP contribution is 2.28. The molecule has 0 unspecified atom stereocenters. The number of fused-ring (bicyclic) bond motifs is 1. The Morgan fingerprint density at radius 2 is 1.86 bits per heavy atom. The van der Waals surface area contributed by atoms with Crippen molar-refractivity contribution < 1.29 is 13.2 Å². The Kier molecular flexibility index (Phi) is 5.81. The summed E-state index contributed by atoms with van der Waals surface area (Å²) < 4.78 is 30.0. The number of aryl methyl sites for hydroxylation is 1. The number of thiazole rings is 1. The number of carbonyl (C=O) groups excluding carboxylic acids is 1. The van der Waals surface area contributed by atoms with Crippen LogP contribution in [0.4, 0.5) is 0 Å². The van der Waals surface area contributed by atoms with Gasteiger partial charge in [-0.2, -0.15) is 4.31 Å². The van der Waals surface area contributed by atoms with E-state index in [-0.39, 0.29) is 21.6 Å². The predicted molar refractivity (Wildman–Crippen MR) is 114 cm³/mol. The first-order valence-electron chi connectivity index (χ1n) is 10.3. The van der Waals surface area contributed by atoms with Crippen LogP contribution in [0, 0.1) is 5.92 Å². The number of nitrogens with zero attached hydrogens (tertiary/aromatic N) is 2. The van der Waals surface area contributed by atoms with Gasteiger partial charge >= 0.3 is 4.87 Å². The van der Waals surface area contributed by atoms with Crippen molar-refractivity contribution >= 4 is 37.5 Å². The average Bonchev–Trinajstić information content (AvgIpc) is 3.33. The van der Waals surface area contributed by atoms with Crippen LogP contribution in [-0.2, 0) is 21.4 Å². The van der Waals surface area contributed by atoms with Crippen molar-refractivity contribution in [1.82, 2.24) is 14.2 Å². The summed E-state index contributed by atoms with van der Waals surface area (Å²) in [6.45, 7) is 3.14. The van der Waals surface area contributed by atoms with Gasteiger partial charge in [0.2, 0.25) is 15.9 Å². The van der Waals surface area contributed by atoms with E-state index < -0.39 is 10.0 Å². The quantitative estimate of drug-likeness (QED) is 0.779. The summed E-state index contributed by atoms with van der Waals surface area (Å²) in [7, 11) is -3.64. The van der Waals surface area contributed by atoms with Gasteiger partial charge < -0.3 is 5.32 Å². The van der Waals surface area contributed by atoms with Crippen molar-refractivity contribution in [2.75, 3.05) is 13.1 Å². The molecule has 0 atom stereocenters. The number of hydrogen-bond donors (Lipinski definition) is 1. The molecule has 2 aromatic rings. The summed E-state index contributed by atoms with van der Waals surface area (Å²) in [6.07, 6.45) is 5.52. The van der Waals surface area contributed by atoms with Gasteiger partial charge in [0.25, 0.3) is 0 Å². The Bertz CT molecular complexity index is 1060. The van der Waals surface area contributed by atoms with E-state index in [1.165, 1.54) is 17.1 Å². The molecule has 9 heteroatoms. The summed E-state index contributed by atoms with van der Waals surface area (Å²) >= 11 is 1.07. The standard InChI is InChI=1S/C20H27N3O4S2/c1-2-23-17-8-7-16(13-18(17)28-20(23)25)29(26,27)22-11-9-14(10-12-22)19(24)21-15-5-3-4-6-15/h7-8,13-15H,2-6,9-12H2,1H3,(H,21,24). The van der Waals surface area contributed by atoms with Gasteiger partial charge in [0, 0.05) is 31.6 Å². The maximum Gasteiger partial charge on any atom is 0.308 e. The van der Waals surface area contributed by atoms with E-state index in [4.69, 9.17) is 0 Å². The number of sulfonamides is 1. The molecule has 2 aliphatic rings. The molecule has 4 rings (SSSR count). The summed E-state index contributed by atoms with van der Waals surface area (Å²) in [5.41, 5.74) is 0.767. The Balaban J connectivity index is 1.45. The third kappa shape index (κ3) is 4.00. The highest BCUT2D eigenvalue weighted by Gasteiger charge is 2.33. The maximum absolute atomic E-state index is 13.1. The molecule has 1 N–H and O–H groups in total. The summed E-state index contributed by atoms with van der Waals surface area (Å²) in [5.74, 6) is -0.0468. The van der Waals surface area contributed by atoms with Crippen molar-refractivity contribution in [3.63, 3.8) is 0 Å². The molecule has 158 valence electrons. The lowest BCUT2D eigenvalue weighted by Gasteiger charge is -2.31. The zero-order chi connectivity index (χ0) is 20.6.